The standard InChI is InChI=1S/C35H64N4O7/c1-3-4-5-6-7-8-9-10-11-12-13-14-15-16-17-18-19-22-33(42)43-25-29-21-20-23-34(45-29)44-26-31-30(41)24-32(46-31)39(28-40)27-38-35(36)37-2/h27-32,34,41H,3-26H2,1-2H3,(H2,36,37). The minimum Gasteiger partial charge on any atom is -0.463 e. The van der Waals surface area contributed by atoms with Crippen LogP contribution in [-0.2, 0) is 28.5 Å². The van der Waals surface area contributed by atoms with Gasteiger partial charge in [-0.05, 0) is 25.7 Å². The summed E-state index contributed by atoms with van der Waals surface area (Å²) in [4.78, 5) is 32.5. The lowest BCUT2D eigenvalue weighted by atomic mass is 10.0. The smallest absolute Gasteiger partial charge is 0.305 e. The van der Waals surface area contributed by atoms with Gasteiger partial charge in [-0.3, -0.25) is 19.5 Å². The number of ether oxygens (including phenoxy) is 4. The van der Waals surface area contributed by atoms with Crippen molar-refractivity contribution in [2.45, 2.75) is 179 Å². The van der Waals surface area contributed by atoms with Gasteiger partial charge in [0, 0.05) is 19.9 Å². The number of hydrogen-bond donors (Lipinski definition) is 2. The van der Waals surface area contributed by atoms with Gasteiger partial charge < -0.3 is 29.8 Å². The second-order valence-corrected chi connectivity index (χ2v) is 12.9. The fraction of sp³-hybridized carbons (Fsp3) is 0.886. The molecule has 3 N–H and O–H groups in total. The monoisotopic (exact) mass is 652 g/mol. The van der Waals surface area contributed by atoms with E-state index in [9.17, 15) is 14.7 Å². The normalized spacial score (nSPS) is 23.6. The van der Waals surface area contributed by atoms with Gasteiger partial charge in [0.1, 0.15) is 25.3 Å². The van der Waals surface area contributed by atoms with Gasteiger partial charge in [0.25, 0.3) is 0 Å². The molecule has 266 valence electrons. The fourth-order valence-electron chi connectivity index (χ4n) is 5.96. The van der Waals surface area contributed by atoms with Gasteiger partial charge in [0.05, 0.1) is 18.8 Å². The Hall–Kier alpha value is -2.08. The Morgan fingerprint density at radius 1 is 0.891 bits per heavy atom. The van der Waals surface area contributed by atoms with Crippen LogP contribution in [0.5, 0.6) is 0 Å². The topological polar surface area (TPSA) is 145 Å². The van der Waals surface area contributed by atoms with Gasteiger partial charge in [0.15, 0.2) is 6.29 Å². The summed E-state index contributed by atoms with van der Waals surface area (Å²) < 4.78 is 23.2. The zero-order valence-corrected chi connectivity index (χ0v) is 28.8. The highest BCUT2D eigenvalue weighted by Crippen LogP contribution is 2.25. The fourth-order valence-corrected chi connectivity index (χ4v) is 5.96. The third kappa shape index (κ3) is 18.3. The molecule has 2 heterocycles. The summed E-state index contributed by atoms with van der Waals surface area (Å²) in [7, 11) is 1.49. The minimum absolute atomic E-state index is 0.0235. The third-order valence-corrected chi connectivity index (χ3v) is 8.88. The summed E-state index contributed by atoms with van der Waals surface area (Å²) in [6, 6.07) is 0. The number of aliphatic hydroxyl groups is 1. The highest BCUT2D eigenvalue weighted by atomic mass is 16.7. The Morgan fingerprint density at radius 2 is 1.48 bits per heavy atom. The van der Waals surface area contributed by atoms with Crippen LogP contribution in [0.1, 0.15) is 148 Å². The van der Waals surface area contributed by atoms with Gasteiger partial charge in [-0.1, -0.05) is 110 Å². The molecule has 5 unspecified atom stereocenters. The molecule has 5 atom stereocenters. The molecule has 0 aromatic carbocycles. The maximum Gasteiger partial charge on any atom is 0.305 e. The summed E-state index contributed by atoms with van der Waals surface area (Å²) >= 11 is 0. The number of amides is 1. The number of esters is 1. The largest absolute Gasteiger partial charge is 0.463 e. The molecule has 11 heteroatoms. The quantitative estimate of drug-likeness (QED) is 0.0360. The first-order chi connectivity index (χ1) is 22.5. The van der Waals surface area contributed by atoms with Crippen LogP contribution in [0.25, 0.3) is 0 Å². The average molecular weight is 653 g/mol. The zero-order chi connectivity index (χ0) is 33.2. The number of aliphatic imine (C=N–C) groups is 2. The van der Waals surface area contributed by atoms with Crippen LogP contribution in [0.3, 0.4) is 0 Å². The Morgan fingerprint density at radius 3 is 2.04 bits per heavy atom. The van der Waals surface area contributed by atoms with Crippen LogP contribution >= 0.6 is 0 Å². The minimum atomic E-state index is -0.812. The first-order valence-corrected chi connectivity index (χ1v) is 18.2. The molecule has 0 saturated carbocycles. The summed E-state index contributed by atoms with van der Waals surface area (Å²) in [5.41, 5.74) is 5.54. The molecule has 0 spiro atoms. The zero-order valence-electron chi connectivity index (χ0n) is 28.8. The van der Waals surface area contributed by atoms with E-state index in [1.165, 1.54) is 115 Å². The van der Waals surface area contributed by atoms with Gasteiger partial charge in [-0.2, -0.15) is 0 Å². The summed E-state index contributed by atoms with van der Waals surface area (Å²) in [6.45, 7) is 2.60. The highest BCUT2D eigenvalue weighted by molar-refractivity contribution is 5.88. The van der Waals surface area contributed by atoms with Crippen molar-refractivity contribution in [1.82, 2.24) is 4.90 Å². The van der Waals surface area contributed by atoms with E-state index >= 15 is 0 Å². The predicted octanol–water partition coefficient (Wildman–Crippen LogP) is 6.39. The van der Waals surface area contributed by atoms with Crippen LogP contribution in [0.4, 0.5) is 0 Å². The summed E-state index contributed by atoms with van der Waals surface area (Å²) in [5.74, 6) is -0.147. The second kappa shape index (κ2) is 25.9. The van der Waals surface area contributed by atoms with Crippen LogP contribution in [0, 0.1) is 0 Å². The first-order valence-electron chi connectivity index (χ1n) is 18.2. The molecule has 1 amide bonds. The highest BCUT2D eigenvalue weighted by Gasteiger charge is 2.37. The third-order valence-electron chi connectivity index (χ3n) is 8.88. The van der Waals surface area contributed by atoms with Crippen molar-refractivity contribution in [3.05, 3.63) is 0 Å². The average Bonchev–Trinajstić information content (AvgIpc) is 3.44. The molecule has 0 aromatic heterocycles. The van der Waals surface area contributed by atoms with Crippen molar-refractivity contribution < 1.29 is 33.6 Å². The van der Waals surface area contributed by atoms with Crippen molar-refractivity contribution in [2.24, 2.45) is 15.7 Å². The molecule has 2 aliphatic heterocycles. The molecule has 0 aliphatic carbocycles. The van der Waals surface area contributed by atoms with Gasteiger partial charge in [-0.15, -0.1) is 0 Å². The Bertz CT molecular complexity index is 859. The van der Waals surface area contributed by atoms with E-state index in [2.05, 4.69) is 16.9 Å². The Balaban J connectivity index is 1.45. The number of nitrogens with zero attached hydrogens (tertiary/aromatic N) is 3. The number of unbranched alkanes of at least 4 members (excludes halogenated alkanes) is 16. The summed E-state index contributed by atoms with van der Waals surface area (Å²) in [5, 5.41) is 10.4. The predicted molar refractivity (Wildman–Crippen MR) is 181 cm³/mol. The van der Waals surface area contributed by atoms with Crippen molar-refractivity contribution in [3.8, 4) is 0 Å². The van der Waals surface area contributed by atoms with E-state index in [1.807, 2.05) is 0 Å². The molecule has 0 bridgehead atoms. The number of hydrogen-bond acceptors (Lipinski definition) is 8. The molecule has 46 heavy (non-hydrogen) atoms. The van der Waals surface area contributed by atoms with E-state index in [-0.39, 0.29) is 37.7 Å². The molecule has 2 rings (SSSR count). The lowest BCUT2D eigenvalue weighted by molar-refractivity contribution is -0.219. The second-order valence-electron chi connectivity index (χ2n) is 12.9. The molecular weight excluding hydrogens is 588 g/mol. The number of aliphatic hydroxyl groups excluding tert-OH is 1. The first kappa shape index (κ1) is 40.1. The lowest BCUT2D eigenvalue weighted by Gasteiger charge is -2.30. The molecule has 11 nitrogen and oxygen atoms in total. The van der Waals surface area contributed by atoms with Crippen LogP contribution in [0.15, 0.2) is 9.98 Å². The van der Waals surface area contributed by atoms with Crippen molar-refractivity contribution >= 4 is 24.7 Å². The summed E-state index contributed by atoms with van der Waals surface area (Å²) in [6.07, 6.45) is 24.4. The van der Waals surface area contributed by atoms with E-state index in [4.69, 9.17) is 24.7 Å². The number of rotatable bonds is 26. The van der Waals surface area contributed by atoms with Gasteiger partial charge in [0.2, 0.25) is 12.4 Å². The molecule has 2 saturated heterocycles. The molecule has 2 aliphatic rings. The SMILES string of the molecule is CCCCCCCCCCCCCCCCCCCC(=O)OCC1CCCC(OCC2OC(N(C=O)C=NC(N)=NC)CC2O)O1. The van der Waals surface area contributed by atoms with Gasteiger partial charge >= 0.3 is 5.97 Å². The molecule has 0 radical (unpaired) electrons. The Labute approximate surface area is 278 Å². The number of guanidine groups is 1. The molecule has 2 fully saturated rings. The maximum atomic E-state index is 12.3. The number of carbonyl (C=O) groups is 2. The van der Waals surface area contributed by atoms with Crippen molar-refractivity contribution in [2.75, 3.05) is 20.3 Å². The van der Waals surface area contributed by atoms with Crippen molar-refractivity contribution in [1.29, 1.82) is 0 Å². The van der Waals surface area contributed by atoms with Crippen LogP contribution in [0.2, 0.25) is 0 Å². The maximum absolute atomic E-state index is 12.3. The van der Waals surface area contributed by atoms with Gasteiger partial charge in [-0.25, -0.2) is 4.99 Å². The van der Waals surface area contributed by atoms with Crippen LogP contribution < -0.4 is 5.73 Å². The Kier molecular flexibility index (Phi) is 22.6. The van der Waals surface area contributed by atoms with E-state index < -0.39 is 24.7 Å². The van der Waals surface area contributed by atoms with E-state index in [0.717, 1.165) is 25.7 Å². The number of nitrogens with two attached hydrogens (primary N) is 1. The van der Waals surface area contributed by atoms with Crippen LogP contribution in [-0.4, -0.2) is 85.8 Å². The van der Waals surface area contributed by atoms with E-state index in [1.54, 1.807) is 0 Å². The lowest BCUT2D eigenvalue weighted by Crippen LogP contribution is -2.37. The molecule has 0 aromatic rings. The number of carbonyl (C=O) groups excluding carboxylic acids is 2. The van der Waals surface area contributed by atoms with E-state index in [0.29, 0.717) is 19.3 Å². The van der Waals surface area contributed by atoms with Crippen molar-refractivity contribution in [3.63, 3.8) is 0 Å². The molecular formula is C35H64N4O7.